The highest BCUT2D eigenvalue weighted by Crippen LogP contribution is 2.34. The van der Waals surface area contributed by atoms with E-state index >= 15 is 0 Å². The molecule has 6 nitrogen and oxygen atoms in total. The highest BCUT2D eigenvalue weighted by molar-refractivity contribution is 5.69. The number of nitrogens with one attached hydrogen (secondary N) is 1. The van der Waals surface area contributed by atoms with Gasteiger partial charge in [-0.3, -0.25) is 14.5 Å². The summed E-state index contributed by atoms with van der Waals surface area (Å²) in [6.45, 7) is 0.164. The van der Waals surface area contributed by atoms with Gasteiger partial charge < -0.3 is 9.63 Å². The van der Waals surface area contributed by atoms with Crippen LogP contribution in [0.1, 0.15) is 35.6 Å². The van der Waals surface area contributed by atoms with E-state index in [4.69, 9.17) is 9.63 Å². The Balaban J connectivity index is 1.81. The fourth-order valence-corrected chi connectivity index (χ4v) is 3.64. The fourth-order valence-electron chi connectivity index (χ4n) is 3.64. The molecule has 0 saturated carbocycles. The van der Waals surface area contributed by atoms with Gasteiger partial charge >= 0.3 is 12.1 Å². The monoisotopic (exact) mass is 402 g/mol. The van der Waals surface area contributed by atoms with E-state index in [2.05, 4.69) is 5.16 Å². The van der Waals surface area contributed by atoms with Crippen molar-refractivity contribution < 1.29 is 32.0 Å². The van der Waals surface area contributed by atoms with Crippen molar-refractivity contribution in [2.75, 3.05) is 13.1 Å². The summed E-state index contributed by atoms with van der Waals surface area (Å²) >= 11 is 0. The molecule has 1 fully saturated rings. The molecule has 2 N–H and O–H groups in total. The summed E-state index contributed by atoms with van der Waals surface area (Å²) in [4.78, 5) is 24.1. The van der Waals surface area contributed by atoms with Crippen LogP contribution in [0.25, 0.3) is 0 Å². The van der Waals surface area contributed by atoms with Crippen molar-refractivity contribution in [2.45, 2.75) is 37.4 Å². The number of H-pyrrole nitrogens is 1. The van der Waals surface area contributed by atoms with E-state index in [-0.39, 0.29) is 30.5 Å². The van der Waals surface area contributed by atoms with E-state index < -0.39 is 23.5 Å². The molecule has 1 aromatic heterocycles. The first-order valence-corrected chi connectivity index (χ1v) is 8.63. The van der Waals surface area contributed by atoms with Crippen LogP contribution < -0.4 is 5.56 Å². The summed E-state index contributed by atoms with van der Waals surface area (Å²) in [5, 5.41) is 11.3. The van der Waals surface area contributed by atoms with Crippen molar-refractivity contribution >= 4 is 5.97 Å². The average molecular weight is 402 g/mol. The Bertz CT molecular complexity index is 905. The van der Waals surface area contributed by atoms with Crippen LogP contribution >= 0.6 is 0 Å². The van der Waals surface area contributed by atoms with Crippen molar-refractivity contribution in [3.63, 3.8) is 0 Å². The molecule has 2 atom stereocenters. The van der Waals surface area contributed by atoms with E-state index in [1.807, 2.05) is 0 Å². The normalized spacial score (nSPS) is 21.0. The minimum absolute atomic E-state index is 0.145. The summed E-state index contributed by atoms with van der Waals surface area (Å²) in [6, 6.07) is 3.70. The summed E-state index contributed by atoms with van der Waals surface area (Å²) in [6.07, 6.45) is -3.62. The van der Waals surface area contributed by atoms with Gasteiger partial charge in [0.2, 0.25) is 0 Å². The maximum Gasteiger partial charge on any atom is 0.419 e. The van der Waals surface area contributed by atoms with Gasteiger partial charge in [-0.1, -0.05) is 6.07 Å². The molecule has 1 aliphatic rings. The highest BCUT2D eigenvalue weighted by Gasteiger charge is 2.35. The second-order valence-corrected chi connectivity index (χ2v) is 6.87. The number of piperidine rings is 1. The van der Waals surface area contributed by atoms with Gasteiger partial charge in [0.05, 0.1) is 12.1 Å². The Hall–Kier alpha value is -2.62. The quantitative estimate of drug-likeness (QED) is 0.751. The smallest absolute Gasteiger partial charge is 0.419 e. The van der Waals surface area contributed by atoms with Crippen molar-refractivity contribution in [3.05, 3.63) is 57.3 Å². The zero-order valence-electron chi connectivity index (χ0n) is 14.6. The third-order valence-electron chi connectivity index (χ3n) is 4.93. The number of hydrogen-bond acceptors (Lipinski definition) is 4. The number of carboxylic acids is 1. The van der Waals surface area contributed by atoms with Gasteiger partial charge in [-0.05, 0) is 43.5 Å². The summed E-state index contributed by atoms with van der Waals surface area (Å²) < 4.78 is 57.2. The topological polar surface area (TPSA) is 86.5 Å². The van der Waals surface area contributed by atoms with Gasteiger partial charge in [-0.15, -0.1) is 0 Å². The van der Waals surface area contributed by atoms with E-state index in [1.165, 1.54) is 12.1 Å². The summed E-state index contributed by atoms with van der Waals surface area (Å²) in [5.41, 5.74) is -1.39. The number of aliphatic carboxylic acids is 1. The molecule has 3 rings (SSSR count). The van der Waals surface area contributed by atoms with Crippen molar-refractivity contribution in [2.24, 2.45) is 0 Å². The number of carboxylic acid groups (broad SMARTS) is 1. The first-order valence-electron chi connectivity index (χ1n) is 8.63. The van der Waals surface area contributed by atoms with Crippen LogP contribution in [0.5, 0.6) is 0 Å². The van der Waals surface area contributed by atoms with Crippen LogP contribution in [0, 0.1) is 5.82 Å². The largest absolute Gasteiger partial charge is 0.480 e. The number of aromatic amines is 1. The van der Waals surface area contributed by atoms with Crippen molar-refractivity contribution in [1.29, 1.82) is 0 Å². The van der Waals surface area contributed by atoms with Gasteiger partial charge in [-0.25, -0.2) is 4.39 Å². The molecule has 1 aromatic carbocycles. The molecule has 152 valence electrons. The Morgan fingerprint density at radius 1 is 1.32 bits per heavy atom. The lowest BCUT2D eigenvalue weighted by Crippen LogP contribution is -2.45. The minimum Gasteiger partial charge on any atom is -0.480 e. The molecule has 28 heavy (non-hydrogen) atoms. The van der Waals surface area contributed by atoms with E-state index in [0.29, 0.717) is 36.8 Å². The SMILES string of the molecule is O=C(O)CN1CCC(c2cc(=O)[nH]o2)CC1Cc1ccc(C(F)(F)F)c(F)c1. The molecule has 2 aromatic rings. The molecule has 1 saturated heterocycles. The Morgan fingerprint density at radius 2 is 2.07 bits per heavy atom. The Kier molecular flexibility index (Phi) is 5.59. The molecular weight excluding hydrogens is 384 g/mol. The lowest BCUT2D eigenvalue weighted by molar-refractivity contribution is -0.140. The summed E-state index contributed by atoms with van der Waals surface area (Å²) in [5.74, 6) is -2.09. The first-order chi connectivity index (χ1) is 13.1. The third kappa shape index (κ3) is 4.61. The number of benzene rings is 1. The van der Waals surface area contributed by atoms with Gasteiger partial charge in [0.25, 0.3) is 5.56 Å². The number of rotatable bonds is 5. The van der Waals surface area contributed by atoms with Crippen LogP contribution in [-0.2, 0) is 17.4 Å². The number of nitrogens with zero attached hydrogens (tertiary/aromatic N) is 1. The van der Waals surface area contributed by atoms with Gasteiger partial charge in [0, 0.05) is 18.0 Å². The number of aromatic nitrogens is 1. The van der Waals surface area contributed by atoms with Gasteiger partial charge in [0.1, 0.15) is 11.6 Å². The molecule has 0 radical (unpaired) electrons. The zero-order valence-corrected chi connectivity index (χ0v) is 14.6. The number of carbonyl (C=O) groups is 1. The molecule has 2 heterocycles. The zero-order chi connectivity index (χ0) is 20.5. The van der Waals surface area contributed by atoms with E-state index in [9.17, 15) is 27.2 Å². The molecule has 0 aliphatic carbocycles. The Labute approximate surface area is 156 Å². The van der Waals surface area contributed by atoms with E-state index in [0.717, 1.165) is 6.07 Å². The average Bonchev–Trinajstić information content (AvgIpc) is 3.01. The molecule has 0 amide bonds. The highest BCUT2D eigenvalue weighted by atomic mass is 19.4. The van der Waals surface area contributed by atoms with Crippen LogP contribution in [0.4, 0.5) is 17.6 Å². The minimum atomic E-state index is -4.78. The molecule has 1 aliphatic heterocycles. The van der Waals surface area contributed by atoms with Gasteiger partial charge in [0.15, 0.2) is 0 Å². The number of likely N-dealkylation sites (tertiary alicyclic amines) is 1. The molecular formula is C18H18F4N2O4. The van der Waals surface area contributed by atoms with Crippen LogP contribution in [-0.4, -0.2) is 40.3 Å². The first kappa shape index (κ1) is 20.1. The number of hydrogen-bond donors (Lipinski definition) is 2. The second-order valence-electron chi connectivity index (χ2n) is 6.87. The maximum absolute atomic E-state index is 13.9. The third-order valence-corrected chi connectivity index (χ3v) is 4.93. The second kappa shape index (κ2) is 7.78. The molecule has 2 unspecified atom stereocenters. The number of halogens is 4. The van der Waals surface area contributed by atoms with Gasteiger partial charge in [-0.2, -0.15) is 18.3 Å². The lowest BCUT2D eigenvalue weighted by Gasteiger charge is -2.38. The summed E-state index contributed by atoms with van der Waals surface area (Å²) in [7, 11) is 0. The Morgan fingerprint density at radius 3 is 2.64 bits per heavy atom. The fraction of sp³-hybridized carbons (Fsp3) is 0.444. The van der Waals surface area contributed by atoms with Crippen LogP contribution in [0.2, 0.25) is 0 Å². The van der Waals surface area contributed by atoms with E-state index in [1.54, 1.807) is 4.90 Å². The van der Waals surface area contributed by atoms with Crippen LogP contribution in [0.3, 0.4) is 0 Å². The standard InChI is InChI=1S/C18H18F4N2O4/c19-14-6-10(1-2-13(14)18(20,21)22)5-12-7-11(15-8-16(25)23-28-15)3-4-24(12)9-17(26)27/h1-2,6,8,11-12H,3-5,7,9H2,(H,23,25)(H,26,27). The number of alkyl halides is 3. The van der Waals surface area contributed by atoms with Crippen molar-refractivity contribution in [1.82, 2.24) is 10.1 Å². The molecule has 0 spiro atoms. The van der Waals surface area contributed by atoms with Crippen LogP contribution in [0.15, 0.2) is 33.6 Å². The molecule has 10 heteroatoms. The maximum atomic E-state index is 13.9. The predicted molar refractivity (Wildman–Crippen MR) is 89.4 cm³/mol. The lowest BCUT2D eigenvalue weighted by atomic mass is 9.86. The molecule has 0 bridgehead atoms. The predicted octanol–water partition coefficient (Wildman–Crippen LogP) is 3.00. The van der Waals surface area contributed by atoms with Crippen molar-refractivity contribution in [3.8, 4) is 0 Å².